The van der Waals surface area contributed by atoms with Gasteiger partial charge in [0.2, 0.25) is 0 Å². The number of hydrogen-bond donors (Lipinski definition) is 1. The Morgan fingerprint density at radius 1 is 1.33 bits per heavy atom. The van der Waals surface area contributed by atoms with Crippen LogP contribution in [0, 0.1) is 0 Å². The molecule has 0 amide bonds. The summed E-state index contributed by atoms with van der Waals surface area (Å²) in [6.45, 7) is 4.28. The Morgan fingerprint density at radius 3 is 2.73 bits per heavy atom. The molecule has 0 spiro atoms. The van der Waals surface area contributed by atoms with Gasteiger partial charge in [-0.25, -0.2) is 0 Å². The van der Waals surface area contributed by atoms with Gasteiger partial charge in [-0.1, -0.05) is 22.0 Å². The molecule has 3 heteroatoms. The fraction of sp³-hybridized carbons (Fsp3) is 0.500. The molecular formula is C12H16BrNO. The Hall–Kier alpha value is -0.540. The Labute approximate surface area is 99.1 Å². The standard InChI is InChI=1S/C12H16BrNO/c1-12(5-7-14-8-6-12)15-11-4-2-3-10(13)9-11/h2-4,9,14H,5-8H2,1H3. The van der Waals surface area contributed by atoms with E-state index in [1.54, 1.807) is 0 Å². The number of halogens is 1. The summed E-state index contributed by atoms with van der Waals surface area (Å²) < 4.78 is 7.12. The lowest BCUT2D eigenvalue weighted by atomic mass is 9.94. The maximum atomic E-state index is 6.05. The molecule has 1 heterocycles. The summed E-state index contributed by atoms with van der Waals surface area (Å²) in [4.78, 5) is 0. The third-order valence-corrected chi connectivity index (χ3v) is 3.31. The molecule has 15 heavy (non-hydrogen) atoms. The molecule has 0 bridgehead atoms. The molecule has 2 rings (SSSR count). The van der Waals surface area contributed by atoms with E-state index in [1.807, 2.05) is 24.3 Å². The predicted octanol–water partition coefficient (Wildman–Crippen LogP) is 2.97. The lowest BCUT2D eigenvalue weighted by Crippen LogP contribution is -2.43. The number of ether oxygens (including phenoxy) is 1. The summed E-state index contributed by atoms with van der Waals surface area (Å²) in [5, 5.41) is 3.35. The second-order valence-electron chi connectivity index (χ2n) is 4.26. The first-order valence-corrected chi connectivity index (χ1v) is 6.13. The molecule has 2 nitrogen and oxygen atoms in total. The third kappa shape index (κ3) is 2.95. The van der Waals surface area contributed by atoms with Crippen molar-refractivity contribution in [1.82, 2.24) is 5.32 Å². The van der Waals surface area contributed by atoms with E-state index in [2.05, 4.69) is 28.2 Å². The minimum Gasteiger partial charge on any atom is -0.487 e. The second-order valence-corrected chi connectivity index (χ2v) is 5.18. The summed E-state index contributed by atoms with van der Waals surface area (Å²) in [5.74, 6) is 0.953. The largest absolute Gasteiger partial charge is 0.487 e. The Kier molecular flexibility index (Phi) is 3.32. The highest BCUT2D eigenvalue weighted by Crippen LogP contribution is 2.27. The van der Waals surface area contributed by atoms with E-state index in [1.165, 1.54) is 0 Å². The summed E-state index contributed by atoms with van der Waals surface area (Å²) in [7, 11) is 0. The molecule has 82 valence electrons. The molecule has 0 saturated carbocycles. The summed E-state index contributed by atoms with van der Waals surface area (Å²) >= 11 is 3.45. The minimum atomic E-state index is -0.00789. The van der Waals surface area contributed by atoms with Gasteiger partial charge in [-0.2, -0.15) is 0 Å². The highest BCUT2D eigenvalue weighted by atomic mass is 79.9. The SMILES string of the molecule is CC1(Oc2cccc(Br)c2)CCNCC1. The maximum Gasteiger partial charge on any atom is 0.121 e. The molecule has 1 saturated heterocycles. The van der Waals surface area contributed by atoms with Crippen LogP contribution in [0.4, 0.5) is 0 Å². The van der Waals surface area contributed by atoms with Crippen LogP contribution in [0.15, 0.2) is 28.7 Å². The molecule has 1 fully saturated rings. The van der Waals surface area contributed by atoms with Crippen LogP contribution in [0.1, 0.15) is 19.8 Å². The van der Waals surface area contributed by atoms with Crippen molar-refractivity contribution in [3.63, 3.8) is 0 Å². The van der Waals surface area contributed by atoms with Gasteiger partial charge in [0.25, 0.3) is 0 Å². The third-order valence-electron chi connectivity index (χ3n) is 2.82. The van der Waals surface area contributed by atoms with Gasteiger partial charge in [-0.05, 0) is 51.1 Å². The van der Waals surface area contributed by atoms with Gasteiger partial charge in [-0.15, -0.1) is 0 Å². The molecule has 0 unspecified atom stereocenters. The molecule has 0 aliphatic carbocycles. The van der Waals surface area contributed by atoms with Crippen LogP contribution < -0.4 is 10.1 Å². The lowest BCUT2D eigenvalue weighted by Gasteiger charge is -2.34. The molecule has 0 atom stereocenters. The quantitative estimate of drug-likeness (QED) is 0.892. The van der Waals surface area contributed by atoms with Gasteiger partial charge >= 0.3 is 0 Å². The van der Waals surface area contributed by atoms with Gasteiger partial charge in [0.05, 0.1) is 0 Å². The van der Waals surface area contributed by atoms with Gasteiger partial charge in [0.15, 0.2) is 0 Å². The lowest BCUT2D eigenvalue weighted by molar-refractivity contribution is 0.0555. The molecule has 1 aromatic carbocycles. The number of rotatable bonds is 2. The van der Waals surface area contributed by atoms with Gasteiger partial charge in [0, 0.05) is 4.47 Å². The van der Waals surface area contributed by atoms with Crippen LogP contribution in [-0.2, 0) is 0 Å². The van der Waals surface area contributed by atoms with Crippen LogP contribution >= 0.6 is 15.9 Å². The van der Waals surface area contributed by atoms with Crippen molar-refractivity contribution < 1.29 is 4.74 Å². The molecule has 1 aliphatic rings. The van der Waals surface area contributed by atoms with Gasteiger partial charge < -0.3 is 10.1 Å². The normalized spacial score (nSPS) is 19.9. The molecule has 1 N–H and O–H groups in total. The maximum absolute atomic E-state index is 6.05. The number of nitrogens with one attached hydrogen (secondary N) is 1. The fourth-order valence-corrected chi connectivity index (χ4v) is 2.25. The molecule has 0 aromatic heterocycles. The van der Waals surface area contributed by atoms with Crippen molar-refractivity contribution in [2.45, 2.75) is 25.4 Å². The topological polar surface area (TPSA) is 21.3 Å². The average molecular weight is 270 g/mol. The van der Waals surface area contributed by atoms with Gasteiger partial charge in [0.1, 0.15) is 11.4 Å². The highest BCUT2D eigenvalue weighted by molar-refractivity contribution is 9.10. The average Bonchev–Trinajstić information content (AvgIpc) is 2.18. The van der Waals surface area contributed by atoms with E-state index in [-0.39, 0.29) is 5.60 Å². The van der Waals surface area contributed by atoms with E-state index < -0.39 is 0 Å². The van der Waals surface area contributed by atoms with Crippen LogP contribution in [0.5, 0.6) is 5.75 Å². The zero-order valence-corrected chi connectivity index (χ0v) is 10.5. The highest BCUT2D eigenvalue weighted by Gasteiger charge is 2.28. The first kappa shape index (κ1) is 11.0. The molecule has 1 aromatic rings. The van der Waals surface area contributed by atoms with E-state index in [0.29, 0.717) is 0 Å². The van der Waals surface area contributed by atoms with Crippen molar-refractivity contribution in [2.24, 2.45) is 0 Å². The summed E-state index contributed by atoms with van der Waals surface area (Å²) in [5.41, 5.74) is -0.00789. The van der Waals surface area contributed by atoms with E-state index in [4.69, 9.17) is 4.74 Å². The Balaban J connectivity index is 2.06. The number of piperidine rings is 1. The Bertz CT molecular complexity index is 334. The number of benzene rings is 1. The van der Waals surface area contributed by atoms with E-state index >= 15 is 0 Å². The van der Waals surface area contributed by atoms with E-state index in [9.17, 15) is 0 Å². The smallest absolute Gasteiger partial charge is 0.121 e. The monoisotopic (exact) mass is 269 g/mol. The van der Waals surface area contributed by atoms with Crippen LogP contribution in [0.3, 0.4) is 0 Å². The summed E-state index contributed by atoms with van der Waals surface area (Å²) in [6.07, 6.45) is 2.14. The van der Waals surface area contributed by atoms with Crippen LogP contribution in [0.25, 0.3) is 0 Å². The van der Waals surface area contributed by atoms with Gasteiger partial charge in [-0.3, -0.25) is 0 Å². The predicted molar refractivity (Wildman–Crippen MR) is 65.3 cm³/mol. The molecule has 1 aliphatic heterocycles. The first-order chi connectivity index (χ1) is 7.18. The zero-order valence-electron chi connectivity index (χ0n) is 8.92. The van der Waals surface area contributed by atoms with Crippen molar-refractivity contribution in [2.75, 3.05) is 13.1 Å². The first-order valence-electron chi connectivity index (χ1n) is 5.33. The van der Waals surface area contributed by atoms with Crippen LogP contribution in [0.2, 0.25) is 0 Å². The van der Waals surface area contributed by atoms with E-state index in [0.717, 1.165) is 36.2 Å². The number of hydrogen-bond acceptors (Lipinski definition) is 2. The van der Waals surface area contributed by atoms with Crippen molar-refractivity contribution in [1.29, 1.82) is 0 Å². The zero-order chi connectivity index (χ0) is 10.7. The van der Waals surface area contributed by atoms with Crippen molar-refractivity contribution >= 4 is 15.9 Å². The molecule has 0 radical (unpaired) electrons. The summed E-state index contributed by atoms with van der Waals surface area (Å²) in [6, 6.07) is 8.05. The minimum absolute atomic E-state index is 0.00789. The van der Waals surface area contributed by atoms with Crippen molar-refractivity contribution in [3.05, 3.63) is 28.7 Å². The van der Waals surface area contributed by atoms with Crippen molar-refractivity contribution in [3.8, 4) is 5.75 Å². The second kappa shape index (κ2) is 4.54. The molecular weight excluding hydrogens is 254 g/mol. The fourth-order valence-electron chi connectivity index (χ4n) is 1.87. The van der Waals surface area contributed by atoms with Crippen LogP contribution in [-0.4, -0.2) is 18.7 Å². The Morgan fingerprint density at radius 2 is 2.07 bits per heavy atom.